The number of carbonyl (C=O) groups is 1. The van der Waals surface area contributed by atoms with Gasteiger partial charge < -0.3 is 5.32 Å². The van der Waals surface area contributed by atoms with Gasteiger partial charge in [0.1, 0.15) is 0 Å². The van der Waals surface area contributed by atoms with Gasteiger partial charge in [-0.25, -0.2) is 0 Å². The molecule has 1 aliphatic rings. The van der Waals surface area contributed by atoms with Gasteiger partial charge in [0.15, 0.2) is 0 Å². The number of hydrogen-bond acceptors (Lipinski definition) is 4. The summed E-state index contributed by atoms with van der Waals surface area (Å²) in [7, 11) is 0. The van der Waals surface area contributed by atoms with E-state index in [2.05, 4.69) is 71.2 Å². The van der Waals surface area contributed by atoms with Gasteiger partial charge in [-0.2, -0.15) is 0 Å². The normalized spacial score (nSPS) is 16.7. The first kappa shape index (κ1) is 21.5. The topological polar surface area (TPSA) is 48.5 Å². The van der Waals surface area contributed by atoms with Gasteiger partial charge in [0.05, 0.1) is 18.3 Å². The summed E-state index contributed by atoms with van der Waals surface area (Å²) in [6.07, 6.45) is 2.93. The van der Waals surface area contributed by atoms with Crippen LogP contribution in [0.2, 0.25) is 0 Å². The Bertz CT molecular complexity index is 752. The van der Waals surface area contributed by atoms with Crippen molar-refractivity contribution in [1.29, 1.82) is 0 Å². The van der Waals surface area contributed by atoms with Crippen molar-refractivity contribution in [3.63, 3.8) is 0 Å². The van der Waals surface area contributed by atoms with E-state index in [1.165, 1.54) is 5.56 Å². The molecule has 0 radical (unpaired) electrons. The Hall–Kier alpha value is -2.24. The van der Waals surface area contributed by atoms with E-state index in [4.69, 9.17) is 0 Å². The Kier molecular flexibility index (Phi) is 7.78. The largest absolute Gasteiger partial charge is 0.348 e. The van der Waals surface area contributed by atoms with Gasteiger partial charge in [0.2, 0.25) is 5.91 Å². The molecule has 5 nitrogen and oxygen atoms in total. The lowest BCUT2D eigenvalue weighted by Crippen LogP contribution is -2.49. The molecular formula is C24H34N4O. The summed E-state index contributed by atoms with van der Waals surface area (Å²) in [5, 5.41) is 3.15. The van der Waals surface area contributed by atoms with E-state index in [1.54, 1.807) is 0 Å². The third-order valence-electron chi connectivity index (χ3n) is 5.45. The molecule has 3 rings (SSSR count). The lowest BCUT2D eigenvalue weighted by molar-refractivity contribution is -0.123. The fraction of sp³-hybridized carbons (Fsp3) is 0.500. The Balaban J connectivity index is 1.40. The third kappa shape index (κ3) is 6.94. The number of benzene rings is 1. The quantitative estimate of drug-likeness (QED) is 0.747. The number of nitrogens with zero attached hydrogens (tertiary/aromatic N) is 3. The average molecular weight is 395 g/mol. The van der Waals surface area contributed by atoms with Gasteiger partial charge >= 0.3 is 0 Å². The van der Waals surface area contributed by atoms with Crippen LogP contribution in [0.1, 0.15) is 43.6 Å². The molecule has 0 aliphatic carbocycles. The fourth-order valence-corrected chi connectivity index (χ4v) is 3.81. The van der Waals surface area contributed by atoms with Crippen LogP contribution in [-0.2, 0) is 17.8 Å². The standard InChI is InChI=1S/C24H34N4O/c1-19(2)16-21-7-9-22(10-8-21)20(3)26-24(29)18-28-14-12-27(13-15-28)17-23-6-4-5-11-25-23/h4-11,19-20H,12-18H2,1-3H3,(H,26,29)/t20-/m0/s1. The zero-order valence-corrected chi connectivity index (χ0v) is 18.0. The Morgan fingerprint density at radius 2 is 1.69 bits per heavy atom. The molecule has 0 saturated carbocycles. The average Bonchev–Trinajstić information content (AvgIpc) is 2.70. The van der Waals surface area contributed by atoms with E-state index < -0.39 is 0 Å². The molecule has 0 unspecified atom stereocenters. The second-order valence-electron chi connectivity index (χ2n) is 8.50. The summed E-state index contributed by atoms with van der Waals surface area (Å²) < 4.78 is 0. The summed E-state index contributed by atoms with van der Waals surface area (Å²) in [5.74, 6) is 0.754. The van der Waals surface area contributed by atoms with E-state index in [9.17, 15) is 4.79 Å². The van der Waals surface area contributed by atoms with Gasteiger partial charge in [-0.15, -0.1) is 0 Å². The zero-order chi connectivity index (χ0) is 20.6. The molecule has 2 heterocycles. The number of hydrogen-bond donors (Lipinski definition) is 1. The summed E-state index contributed by atoms with van der Waals surface area (Å²) in [5.41, 5.74) is 3.61. The molecular weight excluding hydrogens is 360 g/mol. The van der Waals surface area contributed by atoms with Crippen molar-refractivity contribution in [1.82, 2.24) is 20.1 Å². The monoisotopic (exact) mass is 394 g/mol. The SMILES string of the molecule is CC(C)Cc1ccc([C@H](C)NC(=O)CN2CCN(Cc3ccccn3)CC2)cc1. The molecule has 1 aliphatic heterocycles. The van der Waals surface area contributed by atoms with Crippen molar-refractivity contribution >= 4 is 5.91 Å². The second kappa shape index (κ2) is 10.5. The molecule has 156 valence electrons. The van der Waals surface area contributed by atoms with E-state index in [1.807, 2.05) is 18.3 Å². The Morgan fingerprint density at radius 1 is 1.00 bits per heavy atom. The Labute approximate surface area is 175 Å². The molecule has 29 heavy (non-hydrogen) atoms. The van der Waals surface area contributed by atoms with Crippen LogP contribution in [0, 0.1) is 5.92 Å². The van der Waals surface area contributed by atoms with E-state index in [0.29, 0.717) is 12.5 Å². The fourth-order valence-electron chi connectivity index (χ4n) is 3.81. The van der Waals surface area contributed by atoms with Crippen molar-refractivity contribution in [2.45, 2.75) is 39.8 Å². The van der Waals surface area contributed by atoms with Crippen LogP contribution in [0.25, 0.3) is 0 Å². The minimum absolute atomic E-state index is 0.0287. The van der Waals surface area contributed by atoms with Crippen LogP contribution in [0.15, 0.2) is 48.7 Å². The molecule has 1 atom stereocenters. The zero-order valence-electron chi connectivity index (χ0n) is 18.0. The summed E-state index contributed by atoms with van der Waals surface area (Å²) in [6.45, 7) is 11.6. The number of piperazine rings is 1. The first-order chi connectivity index (χ1) is 14.0. The van der Waals surface area contributed by atoms with Crippen LogP contribution in [0.5, 0.6) is 0 Å². The minimum Gasteiger partial charge on any atom is -0.348 e. The predicted molar refractivity (Wildman–Crippen MR) is 117 cm³/mol. The molecule has 1 fully saturated rings. The number of carbonyl (C=O) groups excluding carboxylic acids is 1. The van der Waals surface area contributed by atoms with E-state index in [0.717, 1.165) is 50.4 Å². The summed E-state index contributed by atoms with van der Waals surface area (Å²) in [6, 6.07) is 14.7. The highest BCUT2D eigenvalue weighted by molar-refractivity contribution is 5.78. The highest BCUT2D eigenvalue weighted by Gasteiger charge is 2.20. The summed E-state index contributed by atoms with van der Waals surface area (Å²) in [4.78, 5) is 21.5. The maximum absolute atomic E-state index is 12.5. The molecule has 0 bridgehead atoms. The van der Waals surface area contributed by atoms with Crippen LogP contribution in [0.4, 0.5) is 0 Å². The van der Waals surface area contributed by atoms with Crippen molar-refractivity contribution < 1.29 is 4.79 Å². The molecule has 1 amide bonds. The molecule has 1 saturated heterocycles. The predicted octanol–water partition coefficient (Wildman–Crippen LogP) is 3.28. The van der Waals surface area contributed by atoms with Gasteiger partial charge in [-0.05, 0) is 42.5 Å². The summed E-state index contributed by atoms with van der Waals surface area (Å²) >= 11 is 0. The second-order valence-corrected chi connectivity index (χ2v) is 8.50. The van der Waals surface area contributed by atoms with Crippen LogP contribution >= 0.6 is 0 Å². The maximum Gasteiger partial charge on any atom is 0.234 e. The molecule has 2 aromatic rings. The molecule has 1 aromatic heterocycles. The molecule has 5 heteroatoms. The number of pyridine rings is 1. The molecule has 1 N–H and O–H groups in total. The van der Waals surface area contributed by atoms with Gasteiger partial charge in [-0.3, -0.25) is 19.6 Å². The van der Waals surface area contributed by atoms with Crippen LogP contribution in [-0.4, -0.2) is 53.4 Å². The first-order valence-corrected chi connectivity index (χ1v) is 10.7. The smallest absolute Gasteiger partial charge is 0.234 e. The van der Waals surface area contributed by atoms with Crippen LogP contribution < -0.4 is 5.32 Å². The lowest BCUT2D eigenvalue weighted by Gasteiger charge is -2.34. The van der Waals surface area contributed by atoms with Crippen molar-refractivity contribution in [3.05, 3.63) is 65.5 Å². The van der Waals surface area contributed by atoms with Crippen molar-refractivity contribution in [2.24, 2.45) is 5.92 Å². The number of rotatable bonds is 8. The van der Waals surface area contributed by atoms with E-state index >= 15 is 0 Å². The molecule has 0 spiro atoms. The van der Waals surface area contributed by atoms with Crippen molar-refractivity contribution in [2.75, 3.05) is 32.7 Å². The Morgan fingerprint density at radius 3 is 2.31 bits per heavy atom. The van der Waals surface area contributed by atoms with E-state index in [-0.39, 0.29) is 11.9 Å². The van der Waals surface area contributed by atoms with Crippen LogP contribution in [0.3, 0.4) is 0 Å². The molecule has 1 aromatic carbocycles. The highest BCUT2D eigenvalue weighted by atomic mass is 16.2. The third-order valence-corrected chi connectivity index (χ3v) is 5.45. The minimum atomic E-state index is 0.0287. The first-order valence-electron chi connectivity index (χ1n) is 10.7. The number of nitrogens with one attached hydrogen (secondary N) is 1. The highest BCUT2D eigenvalue weighted by Crippen LogP contribution is 2.16. The number of amides is 1. The maximum atomic E-state index is 12.5. The van der Waals surface area contributed by atoms with Gasteiger partial charge in [0, 0.05) is 38.9 Å². The number of aromatic nitrogens is 1. The van der Waals surface area contributed by atoms with Gasteiger partial charge in [-0.1, -0.05) is 44.2 Å². The van der Waals surface area contributed by atoms with Gasteiger partial charge in [0.25, 0.3) is 0 Å². The lowest BCUT2D eigenvalue weighted by atomic mass is 10.00. The van der Waals surface area contributed by atoms with Crippen molar-refractivity contribution in [3.8, 4) is 0 Å².